The van der Waals surface area contributed by atoms with E-state index in [1.165, 1.54) is 5.56 Å². The fourth-order valence-corrected chi connectivity index (χ4v) is 3.49. The Morgan fingerprint density at radius 1 is 1.04 bits per heavy atom. The number of hydrogen-bond donors (Lipinski definition) is 0. The van der Waals surface area contributed by atoms with Crippen LogP contribution in [-0.2, 0) is 11.3 Å². The smallest absolute Gasteiger partial charge is 0.251 e. The second-order valence-corrected chi connectivity index (χ2v) is 6.72. The lowest BCUT2D eigenvalue weighted by Gasteiger charge is -2.37. The zero-order valence-corrected chi connectivity index (χ0v) is 13.4. The molecule has 2 saturated heterocycles. The number of likely N-dealkylation sites (tertiary alicyclic amines) is 2. The van der Waals surface area contributed by atoms with Gasteiger partial charge in [0.2, 0.25) is 5.91 Å². The molecule has 0 aromatic heterocycles. The number of piperidine rings is 2. The first-order chi connectivity index (χ1) is 11.0. The first-order valence-electron chi connectivity index (χ1n) is 8.46. The lowest BCUT2D eigenvalue weighted by molar-refractivity contribution is -0.143. The van der Waals surface area contributed by atoms with Crippen LogP contribution in [0.2, 0.25) is 0 Å². The molecule has 5 heteroatoms. The van der Waals surface area contributed by atoms with E-state index in [4.69, 9.17) is 0 Å². The van der Waals surface area contributed by atoms with Gasteiger partial charge < -0.3 is 4.90 Å². The van der Waals surface area contributed by atoms with E-state index in [2.05, 4.69) is 17.0 Å². The van der Waals surface area contributed by atoms with Crippen molar-refractivity contribution < 1.29 is 13.6 Å². The molecule has 0 atom stereocenters. The number of rotatable bonds is 3. The van der Waals surface area contributed by atoms with Crippen molar-refractivity contribution in [2.45, 2.75) is 38.2 Å². The summed E-state index contributed by atoms with van der Waals surface area (Å²) in [6.45, 7) is 3.12. The van der Waals surface area contributed by atoms with Crippen LogP contribution in [-0.4, -0.2) is 47.8 Å². The molecule has 23 heavy (non-hydrogen) atoms. The van der Waals surface area contributed by atoms with Crippen molar-refractivity contribution in [2.75, 3.05) is 26.2 Å². The fraction of sp³-hybridized carbons (Fsp3) is 0.611. The van der Waals surface area contributed by atoms with Gasteiger partial charge >= 0.3 is 0 Å². The number of carbonyl (C=O) groups is 1. The van der Waals surface area contributed by atoms with Crippen LogP contribution in [0.5, 0.6) is 0 Å². The van der Waals surface area contributed by atoms with Gasteiger partial charge in [-0.05, 0) is 31.5 Å². The highest BCUT2D eigenvalue weighted by Crippen LogP contribution is 2.29. The summed E-state index contributed by atoms with van der Waals surface area (Å²) in [4.78, 5) is 16.5. The van der Waals surface area contributed by atoms with Gasteiger partial charge in [0.1, 0.15) is 0 Å². The molecular weight excluding hydrogens is 298 g/mol. The molecule has 0 N–H and O–H groups in total. The largest absolute Gasteiger partial charge is 0.342 e. The standard InChI is InChI=1S/C18H24F2N2O/c19-18(20)8-12-22(13-9-18)17(23)16-6-10-21(11-7-16)14-15-4-2-1-3-5-15/h1-5,16H,6-14H2. The summed E-state index contributed by atoms with van der Waals surface area (Å²) in [5.41, 5.74) is 1.29. The average Bonchev–Trinajstić information content (AvgIpc) is 2.56. The molecular formula is C18H24F2N2O. The molecule has 0 unspecified atom stereocenters. The Kier molecular flexibility index (Phi) is 4.95. The van der Waals surface area contributed by atoms with E-state index in [1.54, 1.807) is 4.90 Å². The highest BCUT2D eigenvalue weighted by molar-refractivity contribution is 5.79. The summed E-state index contributed by atoms with van der Waals surface area (Å²) < 4.78 is 26.4. The Morgan fingerprint density at radius 3 is 2.26 bits per heavy atom. The minimum absolute atomic E-state index is 0.00810. The zero-order valence-electron chi connectivity index (χ0n) is 13.4. The van der Waals surface area contributed by atoms with Crippen molar-refractivity contribution in [1.29, 1.82) is 0 Å². The van der Waals surface area contributed by atoms with Crippen LogP contribution in [0.25, 0.3) is 0 Å². The van der Waals surface area contributed by atoms with Gasteiger partial charge in [0.25, 0.3) is 5.92 Å². The monoisotopic (exact) mass is 322 g/mol. The van der Waals surface area contributed by atoms with Crippen molar-refractivity contribution in [2.24, 2.45) is 5.92 Å². The Hall–Kier alpha value is -1.49. The van der Waals surface area contributed by atoms with Crippen molar-refractivity contribution in [1.82, 2.24) is 9.80 Å². The summed E-state index contributed by atoms with van der Waals surface area (Å²) in [6, 6.07) is 10.3. The Morgan fingerprint density at radius 2 is 1.65 bits per heavy atom. The van der Waals surface area contributed by atoms with Crippen molar-refractivity contribution >= 4 is 5.91 Å². The van der Waals surface area contributed by atoms with Crippen molar-refractivity contribution in [3.63, 3.8) is 0 Å². The molecule has 3 nitrogen and oxygen atoms in total. The van der Waals surface area contributed by atoms with Crippen LogP contribution < -0.4 is 0 Å². The molecule has 2 aliphatic heterocycles. The summed E-state index contributed by atoms with van der Waals surface area (Å²) in [5, 5.41) is 0. The van der Waals surface area contributed by atoms with Gasteiger partial charge in [-0.15, -0.1) is 0 Å². The molecule has 2 heterocycles. The van der Waals surface area contributed by atoms with Crippen LogP contribution in [0, 0.1) is 5.92 Å². The lowest BCUT2D eigenvalue weighted by Crippen LogP contribution is -2.47. The van der Waals surface area contributed by atoms with Crippen molar-refractivity contribution in [3.8, 4) is 0 Å². The molecule has 1 aromatic rings. The fourth-order valence-electron chi connectivity index (χ4n) is 3.49. The van der Waals surface area contributed by atoms with E-state index in [0.29, 0.717) is 0 Å². The summed E-state index contributed by atoms with van der Waals surface area (Å²) in [7, 11) is 0. The number of nitrogens with zero attached hydrogens (tertiary/aromatic N) is 2. The van der Waals surface area contributed by atoms with E-state index in [-0.39, 0.29) is 37.8 Å². The predicted molar refractivity (Wildman–Crippen MR) is 85.2 cm³/mol. The predicted octanol–water partition coefficient (Wildman–Crippen LogP) is 3.16. The maximum absolute atomic E-state index is 13.2. The number of alkyl halides is 2. The molecule has 0 spiro atoms. The molecule has 126 valence electrons. The summed E-state index contributed by atoms with van der Waals surface area (Å²) in [5.74, 6) is -2.50. The molecule has 3 rings (SSSR count). The molecule has 0 aliphatic carbocycles. The summed E-state index contributed by atoms with van der Waals surface area (Å²) >= 11 is 0. The van der Waals surface area contributed by atoms with Gasteiger partial charge in [-0.3, -0.25) is 9.69 Å². The zero-order chi connectivity index (χ0) is 16.3. The molecule has 2 aliphatic rings. The number of halogens is 2. The van der Waals surface area contributed by atoms with Crippen LogP contribution in [0.1, 0.15) is 31.2 Å². The highest BCUT2D eigenvalue weighted by atomic mass is 19.3. The van der Waals surface area contributed by atoms with E-state index >= 15 is 0 Å². The number of hydrogen-bond acceptors (Lipinski definition) is 2. The summed E-state index contributed by atoms with van der Waals surface area (Å²) in [6.07, 6.45) is 1.29. The van der Waals surface area contributed by atoms with E-state index in [0.717, 1.165) is 32.5 Å². The van der Waals surface area contributed by atoms with Gasteiger partial charge in [0.15, 0.2) is 0 Å². The molecule has 0 radical (unpaired) electrons. The quantitative estimate of drug-likeness (QED) is 0.853. The van der Waals surface area contributed by atoms with Gasteiger partial charge in [-0.2, -0.15) is 0 Å². The minimum Gasteiger partial charge on any atom is -0.342 e. The highest BCUT2D eigenvalue weighted by Gasteiger charge is 2.37. The van der Waals surface area contributed by atoms with E-state index in [1.807, 2.05) is 18.2 Å². The number of carbonyl (C=O) groups excluding carboxylic acids is 1. The normalized spacial score (nSPS) is 23.0. The number of amides is 1. The van der Waals surface area contributed by atoms with E-state index < -0.39 is 5.92 Å². The minimum atomic E-state index is -2.59. The van der Waals surface area contributed by atoms with Crippen LogP contribution >= 0.6 is 0 Å². The lowest BCUT2D eigenvalue weighted by atomic mass is 9.93. The Balaban J connectivity index is 1.46. The first kappa shape index (κ1) is 16.4. The third-order valence-corrected chi connectivity index (χ3v) is 4.99. The Bertz CT molecular complexity index is 517. The maximum atomic E-state index is 13.2. The third-order valence-electron chi connectivity index (χ3n) is 4.99. The average molecular weight is 322 g/mol. The van der Waals surface area contributed by atoms with E-state index in [9.17, 15) is 13.6 Å². The molecule has 0 bridgehead atoms. The van der Waals surface area contributed by atoms with Crippen LogP contribution in [0.15, 0.2) is 30.3 Å². The van der Waals surface area contributed by atoms with Crippen LogP contribution in [0.3, 0.4) is 0 Å². The van der Waals surface area contributed by atoms with Crippen LogP contribution in [0.4, 0.5) is 8.78 Å². The second-order valence-electron chi connectivity index (χ2n) is 6.72. The van der Waals surface area contributed by atoms with Gasteiger partial charge in [0.05, 0.1) is 0 Å². The molecule has 1 aromatic carbocycles. The Labute approximate surface area is 136 Å². The van der Waals surface area contributed by atoms with Crippen molar-refractivity contribution in [3.05, 3.63) is 35.9 Å². The second kappa shape index (κ2) is 6.95. The SMILES string of the molecule is O=C(C1CCN(Cc2ccccc2)CC1)N1CCC(F)(F)CC1. The molecule has 2 fully saturated rings. The molecule has 1 amide bonds. The van der Waals surface area contributed by atoms with Gasteiger partial charge in [-0.1, -0.05) is 30.3 Å². The van der Waals surface area contributed by atoms with Gasteiger partial charge in [-0.25, -0.2) is 8.78 Å². The molecule has 0 saturated carbocycles. The first-order valence-corrected chi connectivity index (χ1v) is 8.46. The van der Waals surface area contributed by atoms with Gasteiger partial charge in [0, 0.05) is 38.4 Å². The topological polar surface area (TPSA) is 23.6 Å². The number of benzene rings is 1. The third kappa shape index (κ3) is 4.28. The maximum Gasteiger partial charge on any atom is 0.251 e.